The molecule has 1 amide bonds. The van der Waals surface area contributed by atoms with Crippen molar-refractivity contribution < 1.29 is 9.59 Å². The van der Waals surface area contributed by atoms with Crippen LogP contribution >= 0.6 is 0 Å². The molecule has 100 valence electrons. The first-order chi connectivity index (χ1) is 9.66. The van der Waals surface area contributed by atoms with Crippen LogP contribution in [0.1, 0.15) is 47.3 Å². The van der Waals surface area contributed by atoms with Gasteiger partial charge >= 0.3 is 0 Å². The van der Waals surface area contributed by atoms with Crippen molar-refractivity contribution in [1.82, 2.24) is 10.2 Å². The Morgan fingerprint density at radius 3 is 2.85 bits per heavy atom. The zero-order valence-corrected chi connectivity index (χ0v) is 11.0. The van der Waals surface area contributed by atoms with Gasteiger partial charge in [0.2, 0.25) is 5.91 Å². The van der Waals surface area contributed by atoms with Gasteiger partial charge in [0.15, 0.2) is 5.78 Å². The normalized spacial score (nSPS) is 15.9. The Morgan fingerprint density at radius 2 is 2.15 bits per heavy atom. The number of benzene rings is 1. The molecule has 2 aliphatic carbocycles. The molecule has 1 aromatic carbocycles. The van der Waals surface area contributed by atoms with Gasteiger partial charge in [-0.3, -0.25) is 14.7 Å². The summed E-state index contributed by atoms with van der Waals surface area (Å²) in [5.74, 6) is 0.225. The highest BCUT2D eigenvalue weighted by Gasteiger charge is 2.39. The van der Waals surface area contributed by atoms with Gasteiger partial charge in [0, 0.05) is 18.4 Å². The number of nitrogens with zero attached hydrogens (tertiary/aromatic N) is 1. The number of hydrogen-bond acceptors (Lipinski definition) is 3. The molecule has 1 fully saturated rings. The molecule has 4 rings (SSSR count). The fourth-order valence-electron chi connectivity index (χ4n) is 2.86. The predicted molar refractivity (Wildman–Crippen MR) is 73.7 cm³/mol. The van der Waals surface area contributed by atoms with Crippen LogP contribution in [0.2, 0.25) is 0 Å². The first-order valence-electron chi connectivity index (χ1n) is 6.70. The summed E-state index contributed by atoms with van der Waals surface area (Å²) < 4.78 is 0. The monoisotopic (exact) mass is 267 g/mol. The van der Waals surface area contributed by atoms with E-state index in [2.05, 4.69) is 15.5 Å². The van der Waals surface area contributed by atoms with E-state index in [4.69, 9.17) is 0 Å². The van der Waals surface area contributed by atoms with E-state index in [9.17, 15) is 9.59 Å². The summed E-state index contributed by atoms with van der Waals surface area (Å²) in [6.45, 7) is 1.44. The number of amides is 1. The van der Waals surface area contributed by atoms with E-state index in [1.165, 1.54) is 6.92 Å². The van der Waals surface area contributed by atoms with E-state index in [0.29, 0.717) is 22.7 Å². The van der Waals surface area contributed by atoms with Crippen molar-refractivity contribution in [3.8, 4) is 11.3 Å². The van der Waals surface area contributed by atoms with Gasteiger partial charge in [-0.15, -0.1) is 0 Å². The quantitative estimate of drug-likeness (QED) is 0.749. The lowest BCUT2D eigenvalue weighted by Crippen LogP contribution is -2.10. The zero-order chi connectivity index (χ0) is 13.9. The second-order valence-corrected chi connectivity index (χ2v) is 5.37. The van der Waals surface area contributed by atoms with Crippen LogP contribution in [0.4, 0.5) is 5.69 Å². The number of hydrogen-bond donors (Lipinski definition) is 2. The Balaban J connectivity index is 1.90. The number of anilines is 1. The number of aromatic nitrogens is 2. The van der Waals surface area contributed by atoms with E-state index in [-0.39, 0.29) is 11.7 Å². The molecule has 0 aliphatic heterocycles. The van der Waals surface area contributed by atoms with Crippen molar-refractivity contribution in [3.05, 3.63) is 35.0 Å². The van der Waals surface area contributed by atoms with Crippen LogP contribution < -0.4 is 5.32 Å². The summed E-state index contributed by atoms with van der Waals surface area (Å²) in [5.41, 5.74) is 4.31. The number of ketones is 1. The van der Waals surface area contributed by atoms with Gasteiger partial charge in [0.25, 0.3) is 0 Å². The number of aromatic amines is 1. The fourth-order valence-corrected chi connectivity index (χ4v) is 2.86. The van der Waals surface area contributed by atoms with Crippen molar-refractivity contribution in [2.24, 2.45) is 0 Å². The van der Waals surface area contributed by atoms with E-state index in [1.807, 2.05) is 12.1 Å². The third-order valence-corrected chi connectivity index (χ3v) is 3.86. The molecule has 0 radical (unpaired) electrons. The minimum absolute atomic E-state index is 0.0324. The van der Waals surface area contributed by atoms with Crippen LogP contribution in [0.15, 0.2) is 18.2 Å². The topological polar surface area (TPSA) is 74.8 Å². The van der Waals surface area contributed by atoms with Crippen LogP contribution in [0.3, 0.4) is 0 Å². The fraction of sp³-hybridized carbons (Fsp3) is 0.267. The first-order valence-corrected chi connectivity index (χ1v) is 6.70. The van der Waals surface area contributed by atoms with E-state index in [1.54, 1.807) is 6.07 Å². The number of rotatable bonds is 2. The van der Waals surface area contributed by atoms with Gasteiger partial charge in [0.1, 0.15) is 5.69 Å². The largest absolute Gasteiger partial charge is 0.326 e. The summed E-state index contributed by atoms with van der Waals surface area (Å²) in [7, 11) is 0. The minimum atomic E-state index is -0.181. The standard InChI is InChI=1S/C15H13N3O2/c1-7(19)16-10-4-2-3-9-11(10)15(20)12-13(8-5-6-8)17-18-14(9)12/h2-4,8H,5-6H2,1H3,(H,16,19)(H,17,18). The van der Waals surface area contributed by atoms with Gasteiger partial charge in [-0.05, 0) is 18.9 Å². The average Bonchev–Trinajstić information content (AvgIpc) is 3.08. The molecule has 1 heterocycles. The van der Waals surface area contributed by atoms with Crippen LogP contribution in [0, 0.1) is 0 Å². The van der Waals surface area contributed by atoms with Gasteiger partial charge in [-0.25, -0.2) is 0 Å². The summed E-state index contributed by atoms with van der Waals surface area (Å²) in [6.07, 6.45) is 2.22. The zero-order valence-electron chi connectivity index (χ0n) is 11.0. The molecule has 1 aromatic heterocycles. The SMILES string of the molecule is CC(=O)Nc1cccc2c1C(=O)c1c-2n[nH]c1C1CC1. The molecule has 0 saturated heterocycles. The maximum Gasteiger partial charge on any atom is 0.221 e. The van der Waals surface area contributed by atoms with Crippen molar-refractivity contribution >= 4 is 17.4 Å². The van der Waals surface area contributed by atoms with Crippen molar-refractivity contribution in [2.45, 2.75) is 25.7 Å². The predicted octanol–water partition coefficient (Wildman–Crippen LogP) is 2.46. The third-order valence-electron chi connectivity index (χ3n) is 3.86. The lowest BCUT2D eigenvalue weighted by Gasteiger charge is -2.07. The molecule has 0 spiro atoms. The molecule has 2 N–H and O–H groups in total. The van der Waals surface area contributed by atoms with E-state index in [0.717, 1.165) is 29.8 Å². The Hall–Kier alpha value is -2.43. The molecular formula is C15H13N3O2. The molecule has 2 aromatic rings. The number of carbonyl (C=O) groups excluding carboxylic acids is 2. The molecule has 5 nitrogen and oxygen atoms in total. The summed E-state index contributed by atoms with van der Waals surface area (Å²) in [4.78, 5) is 24.0. The molecule has 1 saturated carbocycles. The van der Waals surface area contributed by atoms with Gasteiger partial charge in [-0.1, -0.05) is 12.1 Å². The Bertz CT molecular complexity index is 756. The van der Waals surface area contributed by atoms with Crippen molar-refractivity contribution in [2.75, 3.05) is 5.32 Å². The highest BCUT2D eigenvalue weighted by atomic mass is 16.1. The van der Waals surface area contributed by atoms with Crippen LogP contribution in [0.5, 0.6) is 0 Å². The summed E-state index contributed by atoms with van der Waals surface area (Å²) >= 11 is 0. The molecule has 0 bridgehead atoms. The highest BCUT2D eigenvalue weighted by molar-refractivity contribution is 6.25. The van der Waals surface area contributed by atoms with Crippen molar-refractivity contribution in [3.63, 3.8) is 0 Å². The molecular weight excluding hydrogens is 254 g/mol. The third kappa shape index (κ3) is 1.46. The van der Waals surface area contributed by atoms with E-state index >= 15 is 0 Å². The summed E-state index contributed by atoms with van der Waals surface area (Å²) in [5, 5.41) is 10.0. The Morgan fingerprint density at radius 1 is 1.35 bits per heavy atom. The number of H-pyrrole nitrogens is 1. The van der Waals surface area contributed by atoms with Gasteiger partial charge in [-0.2, -0.15) is 5.10 Å². The van der Waals surface area contributed by atoms with Gasteiger partial charge < -0.3 is 5.32 Å². The molecule has 0 unspecified atom stereocenters. The maximum absolute atomic E-state index is 12.7. The molecule has 5 heteroatoms. The molecule has 20 heavy (non-hydrogen) atoms. The lowest BCUT2D eigenvalue weighted by atomic mass is 10.1. The number of carbonyl (C=O) groups is 2. The average molecular weight is 267 g/mol. The Labute approximate surface area is 115 Å². The molecule has 2 aliphatic rings. The Kier molecular flexibility index (Phi) is 2.16. The van der Waals surface area contributed by atoms with Crippen LogP contribution in [0.25, 0.3) is 11.3 Å². The summed E-state index contributed by atoms with van der Waals surface area (Å²) in [6, 6.07) is 5.46. The van der Waals surface area contributed by atoms with Gasteiger partial charge in [0.05, 0.1) is 22.5 Å². The van der Waals surface area contributed by atoms with E-state index < -0.39 is 0 Å². The second-order valence-electron chi connectivity index (χ2n) is 5.37. The number of nitrogens with one attached hydrogen (secondary N) is 2. The first kappa shape index (κ1) is 11.4. The second kappa shape index (κ2) is 3.79. The van der Waals surface area contributed by atoms with Crippen LogP contribution in [-0.2, 0) is 4.79 Å². The maximum atomic E-state index is 12.7. The highest BCUT2D eigenvalue weighted by Crippen LogP contribution is 2.47. The lowest BCUT2D eigenvalue weighted by molar-refractivity contribution is -0.114. The van der Waals surface area contributed by atoms with Crippen molar-refractivity contribution in [1.29, 1.82) is 0 Å². The van der Waals surface area contributed by atoms with Crippen LogP contribution in [-0.4, -0.2) is 21.9 Å². The number of fused-ring (bicyclic) bond motifs is 3. The smallest absolute Gasteiger partial charge is 0.221 e. The molecule has 0 atom stereocenters. The minimum Gasteiger partial charge on any atom is -0.326 e.